The van der Waals surface area contributed by atoms with Gasteiger partial charge >= 0.3 is 5.97 Å². The zero-order chi connectivity index (χ0) is 16.8. The van der Waals surface area contributed by atoms with Crippen LogP contribution in [-0.2, 0) is 9.59 Å². The Morgan fingerprint density at radius 3 is 2.54 bits per heavy atom. The summed E-state index contributed by atoms with van der Waals surface area (Å²) in [5, 5.41) is 13.9. The van der Waals surface area contributed by atoms with Gasteiger partial charge in [-0.05, 0) is 30.3 Å². The molecule has 0 spiro atoms. The number of carbonyl (C=O) groups is 2. The monoisotopic (exact) mass is 350 g/mol. The van der Waals surface area contributed by atoms with Crippen LogP contribution in [0.15, 0.2) is 42.5 Å². The summed E-state index contributed by atoms with van der Waals surface area (Å²) in [4.78, 5) is 24.4. The van der Waals surface area contributed by atoms with Gasteiger partial charge in [0.25, 0.3) is 0 Å². The highest BCUT2D eigenvalue weighted by Crippen LogP contribution is 2.23. The molecule has 1 atom stereocenters. The number of carboxylic acid groups (broad SMARTS) is 1. The van der Waals surface area contributed by atoms with Crippen molar-refractivity contribution in [3.8, 4) is 0 Å². The summed E-state index contributed by atoms with van der Waals surface area (Å²) in [5.74, 6) is -0.972. The van der Waals surface area contributed by atoms with Gasteiger partial charge in [0.1, 0.15) is 0 Å². The van der Waals surface area contributed by atoms with Crippen LogP contribution in [-0.4, -0.2) is 42.0 Å². The van der Waals surface area contributed by atoms with Crippen molar-refractivity contribution in [2.75, 3.05) is 20.1 Å². The Morgan fingerprint density at radius 2 is 1.83 bits per heavy atom. The molecule has 0 saturated heterocycles. The summed E-state index contributed by atoms with van der Waals surface area (Å²) in [6.07, 6.45) is 0.0304. The van der Waals surface area contributed by atoms with Gasteiger partial charge in [0.15, 0.2) is 0 Å². The van der Waals surface area contributed by atoms with E-state index in [1.807, 2.05) is 49.4 Å². The number of benzene rings is 2. The van der Waals surface area contributed by atoms with Crippen LogP contribution < -0.4 is 5.32 Å². The molecule has 2 rings (SSSR count). The van der Waals surface area contributed by atoms with Crippen molar-refractivity contribution < 1.29 is 14.7 Å². The molecule has 2 aromatic rings. The number of aliphatic carboxylic acids is 1. The standard InChI is InChI=1S/C18H22N2O3.ClH/c1-13(19-17(21)12-20(2)11-10-18(22)23)15-9-5-7-14-6-3-4-8-16(14)15;/h3-9,13H,10-12H2,1-2H3,(H,19,21)(H,22,23);1H. The molecule has 0 fully saturated rings. The summed E-state index contributed by atoms with van der Waals surface area (Å²) < 4.78 is 0. The van der Waals surface area contributed by atoms with E-state index in [2.05, 4.69) is 5.32 Å². The fourth-order valence-electron chi connectivity index (χ4n) is 2.60. The zero-order valence-corrected chi connectivity index (χ0v) is 14.7. The SMILES string of the molecule is CC(NC(=O)CN(C)CCC(=O)O)c1cccc2ccccc12.Cl. The second kappa shape index (κ2) is 9.25. The quantitative estimate of drug-likeness (QED) is 0.805. The number of carboxylic acids is 1. The molecule has 2 aromatic carbocycles. The lowest BCUT2D eigenvalue weighted by Gasteiger charge is -2.19. The first-order chi connectivity index (χ1) is 11.0. The Bertz CT molecular complexity index is 700. The lowest BCUT2D eigenvalue weighted by atomic mass is 10.00. The molecule has 5 nitrogen and oxygen atoms in total. The molecule has 0 aromatic heterocycles. The van der Waals surface area contributed by atoms with Gasteiger partial charge in [0.05, 0.1) is 19.0 Å². The number of fused-ring (bicyclic) bond motifs is 1. The maximum atomic E-state index is 12.1. The van der Waals surface area contributed by atoms with E-state index in [1.54, 1.807) is 11.9 Å². The van der Waals surface area contributed by atoms with Crippen molar-refractivity contribution in [3.05, 3.63) is 48.0 Å². The largest absolute Gasteiger partial charge is 0.481 e. The van der Waals surface area contributed by atoms with Crippen molar-refractivity contribution in [2.24, 2.45) is 0 Å². The normalized spacial score (nSPS) is 11.8. The molecule has 130 valence electrons. The van der Waals surface area contributed by atoms with Crippen LogP contribution in [0.2, 0.25) is 0 Å². The molecule has 0 aliphatic heterocycles. The molecule has 0 aliphatic rings. The topological polar surface area (TPSA) is 69.6 Å². The summed E-state index contributed by atoms with van der Waals surface area (Å²) in [6.45, 7) is 2.49. The van der Waals surface area contributed by atoms with Crippen molar-refractivity contribution in [1.82, 2.24) is 10.2 Å². The van der Waals surface area contributed by atoms with E-state index in [-0.39, 0.29) is 37.3 Å². The van der Waals surface area contributed by atoms with Crippen LogP contribution in [0.3, 0.4) is 0 Å². The molecule has 24 heavy (non-hydrogen) atoms. The summed E-state index contributed by atoms with van der Waals surface area (Å²) >= 11 is 0. The molecule has 0 aliphatic carbocycles. The maximum Gasteiger partial charge on any atom is 0.304 e. The van der Waals surface area contributed by atoms with Gasteiger partial charge in [-0.2, -0.15) is 0 Å². The Balaban J connectivity index is 0.00000288. The lowest BCUT2D eigenvalue weighted by Crippen LogP contribution is -2.37. The first kappa shape index (κ1) is 19.9. The number of hydrogen-bond acceptors (Lipinski definition) is 3. The summed E-state index contributed by atoms with van der Waals surface area (Å²) in [7, 11) is 1.74. The average Bonchev–Trinajstić information content (AvgIpc) is 2.52. The molecule has 6 heteroatoms. The fourth-order valence-corrected chi connectivity index (χ4v) is 2.60. The first-order valence-electron chi connectivity index (χ1n) is 7.64. The predicted octanol–water partition coefficient (Wildman–Crippen LogP) is 2.85. The van der Waals surface area contributed by atoms with Crippen molar-refractivity contribution in [3.63, 3.8) is 0 Å². The second-order valence-electron chi connectivity index (χ2n) is 5.74. The van der Waals surface area contributed by atoms with Gasteiger partial charge in [-0.3, -0.25) is 14.5 Å². The Labute approximate surface area is 148 Å². The molecular weight excluding hydrogens is 328 g/mol. The highest BCUT2D eigenvalue weighted by atomic mass is 35.5. The number of amides is 1. The van der Waals surface area contributed by atoms with Gasteiger partial charge in [0.2, 0.25) is 5.91 Å². The number of nitrogens with zero attached hydrogens (tertiary/aromatic N) is 1. The predicted molar refractivity (Wildman–Crippen MR) is 97.5 cm³/mol. The Kier molecular flexibility index (Phi) is 7.68. The molecule has 0 heterocycles. The van der Waals surface area contributed by atoms with E-state index in [4.69, 9.17) is 5.11 Å². The second-order valence-corrected chi connectivity index (χ2v) is 5.74. The smallest absolute Gasteiger partial charge is 0.304 e. The highest BCUT2D eigenvalue weighted by molar-refractivity contribution is 5.87. The van der Waals surface area contributed by atoms with Crippen LogP contribution in [0.4, 0.5) is 0 Å². The van der Waals surface area contributed by atoms with Crippen LogP contribution in [0.5, 0.6) is 0 Å². The van der Waals surface area contributed by atoms with Crippen molar-refractivity contribution in [1.29, 1.82) is 0 Å². The van der Waals surface area contributed by atoms with E-state index < -0.39 is 5.97 Å². The molecular formula is C18H23ClN2O3. The summed E-state index contributed by atoms with van der Waals surface area (Å²) in [5.41, 5.74) is 1.07. The molecule has 0 saturated carbocycles. The highest BCUT2D eigenvalue weighted by Gasteiger charge is 2.14. The maximum absolute atomic E-state index is 12.1. The van der Waals surface area contributed by atoms with Crippen LogP contribution in [0.25, 0.3) is 10.8 Å². The Morgan fingerprint density at radius 1 is 1.17 bits per heavy atom. The fraction of sp³-hybridized carbons (Fsp3) is 0.333. The first-order valence-corrected chi connectivity index (χ1v) is 7.64. The zero-order valence-electron chi connectivity index (χ0n) is 13.9. The lowest BCUT2D eigenvalue weighted by molar-refractivity contribution is -0.137. The van der Waals surface area contributed by atoms with Gasteiger partial charge in [-0.25, -0.2) is 0 Å². The molecule has 0 radical (unpaired) electrons. The van der Waals surface area contributed by atoms with E-state index >= 15 is 0 Å². The van der Waals surface area contributed by atoms with E-state index in [0.29, 0.717) is 6.54 Å². The minimum absolute atomic E-state index is 0. The Hall–Kier alpha value is -2.11. The number of hydrogen-bond donors (Lipinski definition) is 2. The number of nitrogens with one attached hydrogen (secondary N) is 1. The molecule has 0 bridgehead atoms. The van der Waals surface area contributed by atoms with E-state index in [1.165, 1.54) is 0 Å². The number of halogens is 1. The number of rotatable bonds is 7. The minimum atomic E-state index is -0.860. The van der Waals surface area contributed by atoms with E-state index in [0.717, 1.165) is 16.3 Å². The van der Waals surface area contributed by atoms with Crippen LogP contribution >= 0.6 is 12.4 Å². The minimum Gasteiger partial charge on any atom is -0.481 e. The van der Waals surface area contributed by atoms with Crippen LogP contribution in [0.1, 0.15) is 24.9 Å². The molecule has 1 unspecified atom stereocenters. The molecule has 2 N–H and O–H groups in total. The summed E-state index contributed by atoms with van der Waals surface area (Å²) in [6, 6.07) is 14.0. The van der Waals surface area contributed by atoms with Gasteiger partial charge < -0.3 is 10.4 Å². The van der Waals surface area contributed by atoms with Gasteiger partial charge in [-0.1, -0.05) is 42.5 Å². The number of carbonyl (C=O) groups excluding carboxylic acids is 1. The average molecular weight is 351 g/mol. The van der Waals surface area contributed by atoms with Crippen molar-refractivity contribution >= 4 is 35.1 Å². The van der Waals surface area contributed by atoms with Crippen molar-refractivity contribution in [2.45, 2.75) is 19.4 Å². The molecule has 1 amide bonds. The van der Waals surface area contributed by atoms with Gasteiger partial charge in [-0.15, -0.1) is 12.4 Å². The third-order valence-corrected chi connectivity index (χ3v) is 3.79. The van der Waals surface area contributed by atoms with E-state index in [9.17, 15) is 9.59 Å². The van der Waals surface area contributed by atoms with Gasteiger partial charge in [0, 0.05) is 6.54 Å². The third-order valence-electron chi connectivity index (χ3n) is 3.79. The third kappa shape index (κ3) is 5.51. The number of likely N-dealkylation sites (N-methyl/N-ethyl adjacent to an activating group) is 1. The van der Waals surface area contributed by atoms with Crippen LogP contribution in [0, 0.1) is 0 Å².